The molecule has 1 aliphatic carbocycles. The molecule has 3 atom stereocenters. The number of aryl methyl sites for hydroxylation is 1. The molecule has 0 radical (unpaired) electrons. The van der Waals surface area contributed by atoms with E-state index in [1.165, 1.54) is 37.7 Å². The minimum atomic E-state index is 0.705. The van der Waals surface area contributed by atoms with Gasteiger partial charge in [0.25, 0.3) is 0 Å². The molecule has 0 saturated heterocycles. The Bertz CT molecular complexity index is 358. The minimum Gasteiger partial charge on any atom is -0.319 e. The standard InChI is InChI=1S/C15H27N3/c1-4-5-12-6-7-13(9-16-2)15(8-12)14-10-17-18(3)11-14/h10-13,15-16H,4-9H2,1-3H3. The third-order valence-electron chi connectivity index (χ3n) is 4.42. The Hall–Kier alpha value is -0.830. The van der Waals surface area contributed by atoms with Crippen LogP contribution < -0.4 is 5.32 Å². The summed E-state index contributed by atoms with van der Waals surface area (Å²) in [5.74, 6) is 2.41. The molecular weight excluding hydrogens is 222 g/mol. The first kappa shape index (κ1) is 13.6. The molecule has 0 bridgehead atoms. The third-order valence-corrected chi connectivity index (χ3v) is 4.42. The molecule has 1 saturated carbocycles. The summed E-state index contributed by atoms with van der Waals surface area (Å²) >= 11 is 0. The summed E-state index contributed by atoms with van der Waals surface area (Å²) in [6.45, 7) is 3.44. The van der Waals surface area contributed by atoms with E-state index >= 15 is 0 Å². The van der Waals surface area contributed by atoms with Gasteiger partial charge in [-0.1, -0.05) is 26.2 Å². The Kier molecular flexibility index (Phi) is 4.81. The number of rotatable bonds is 5. The van der Waals surface area contributed by atoms with Crippen molar-refractivity contribution in [3.63, 3.8) is 0 Å². The lowest BCUT2D eigenvalue weighted by Crippen LogP contribution is -2.30. The van der Waals surface area contributed by atoms with Crippen molar-refractivity contribution in [2.75, 3.05) is 13.6 Å². The molecule has 0 aliphatic heterocycles. The van der Waals surface area contributed by atoms with E-state index in [9.17, 15) is 0 Å². The van der Waals surface area contributed by atoms with Crippen LogP contribution in [0.25, 0.3) is 0 Å². The zero-order chi connectivity index (χ0) is 13.0. The van der Waals surface area contributed by atoms with Crippen molar-refractivity contribution in [2.24, 2.45) is 18.9 Å². The molecule has 1 heterocycles. The Labute approximate surface area is 111 Å². The van der Waals surface area contributed by atoms with Crippen LogP contribution in [0, 0.1) is 11.8 Å². The molecule has 3 nitrogen and oxygen atoms in total. The average Bonchev–Trinajstić information content (AvgIpc) is 2.78. The summed E-state index contributed by atoms with van der Waals surface area (Å²) in [6.07, 6.45) is 11.1. The number of aromatic nitrogens is 2. The van der Waals surface area contributed by atoms with E-state index in [0.29, 0.717) is 5.92 Å². The molecule has 3 unspecified atom stereocenters. The van der Waals surface area contributed by atoms with Gasteiger partial charge in [0.05, 0.1) is 6.20 Å². The maximum absolute atomic E-state index is 4.35. The third kappa shape index (κ3) is 3.14. The fourth-order valence-corrected chi connectivity index (χ4v) is 3.54. The van der Waals surface area contributed by atoms with Crippen molar-refractivity contribution in [1.82, 2.24) is 15.1 Å². The number of hydrogen-bond acceptors (Lipinski definition) is 2. The van der Waals surface area contributed by atoms with Gasteiger partial charge in [0.2, 0.25) is 0 Å². The van der Waals surface area contributed by atoms with Crippen molar-refractivity contribution in [2.45, 2.75) is 44.9 Å². The highest BCUT2D eigenvalue weighted by atomic mass is 15.2. The molecule has 3 heteroatoms. The van der Waals surface area contributed by atoms with Crippen LogP contribution in [0.15, 0.2) is 12.4 Å². The van der Waals surface area contributed by atoms with Gasteiger partial charge in [-0.3, -0.25) is 4.68 Å². The maximum atomic E-state index is 4.35. The summed E-state index contributed by atoms with van der Waals surface area (Å²) in [5.41, 5.74) is 1.44. The molecule has 1 aromatic rings. The van der Waals surface area contributed by atoms with Crippen LogP contribution in [-0.4, -0.2) is 23.4 Å². The highest BCUT2D eigenvalue weighted by molar-refractivity contribution is 5.14. The first-order valence-corrected chi connectivity index (χ1v) is 7.37. The lowest BCUT2D eigenvalue weighted by Gasteiger charge is -2.36. The Morgan fingerprint density at radius 1 is 1.44 bits per heavy atom. The highest BCUT2D eigenvalue weighted by Crippen LogP contribution is 2.41. The van der Waals surface area contributed by atoms with E-state index in [1.807, 2.05) is 11.7 Å². The fraction of sp³-hybridized carbons (Fsp3) is 0.800. The molecule has 18 heavy (non-hydrogen) atoms. The summed E-state index contributed by atoms with van der Waals surface area (Å²) in [7, 11) is 4.08. The maximum Gasteiger partial charge on any atom is 0.0524 e. The molecule has 1 N–H and O–H groups in total. The van der Waals surface area contributed by atoms with Crippen molar-refractivity contribution in [3.05, 3.63) is 18.0 Å². The van der Waals surface area contributed by atoms with Gasteiger partial charge >= 0.3 is 0 Å². The normalized spacial score (nSPS) is 28.5. The zero-order valence-corrected chi connectivity index (χ0v) is 12.0. The predicted octanol–water partition coefficient (Wildman–Crippen LogP) is 2.94. The molecular formula is C15H27N3. The molecule has 1 aromatic heterocycles. The van der Waals surface area contributed by atoms with Crippen molar-refractivity contribution >= 4 is 0 Å². The second kappa shape index (κ2) is 6.37. The van der Waals surface area contributed by atoms with Crippen molar-refractivity contribution in [1.29, 1.82) is 0 Å². The van der Waals surface area contributed by atoms with Crippen LogP contribution in [0.1, 0.15) is 50.5 Å². The van der Waals surface area contributed by atoms with Gasteiger partial charge in [-0.05, 0) is 49.8 Å². The van der Waals surface area contributed by atoms with Crippen LogP contribution in [0.2, 0.25) is 0 Å². The molecule has 0 amide bonds. The molecule has 0 spiro atoms. The van der Waals surface area contributed by atoms with E-state index in [0.717, 1.165) is 18.4 Å². The van der Waals surface area contributed by atoms with E-state index in [1.54, 1.807) is 0 Å². The first-order valence-electron chi connectivity index (χ1n) is 7.37. The van der Waals surface area contributed by atoms with Crippen LogP contribution in [0.4, 0.5) is 0 Å². The predicted molar refractivity (Wildman–Crippen MR) is 75.6 cm³/mol. The van der Waals surface area contributed by atoms with Crippen molar-refractivity contribution < 1.29 is 0 Å². The largest absolute Gasteiger partial charge is 0.319 e. The second-order valence-electron chi connectivity index (χ2n) is 5.84. The van der Waals surface area contributed by atoms with Gasteiger partial charge in [0.15, 0.2) is 0 Å². The van der Waals surface area contributed by atoms with E-state index < -0.39 is 0 Å². The highest BCUT2D eigenvalue weighted by Gasteiger charge is 2.31. The number of hydrogen-bond donors (Lipinski definition) is 1. The smallest absolute Gasteiger partial charge is 0.0524 e. The molecule has 1 fully saturated rings. The Morgan fingerprint density at radius 2 is 2.28 bits per heavy atom. The molecule has 102 valence electrons. The van der Waals surface area contributed by atoms with Gasteiger partial charge in [0, 0.05) is 13.2 Å². The van der Waals surface area contributed by atoms with Crippen LogP contribution in [-0.2, 0) is 7.05 Å². The zero-order valence-electron chi connectivity index (χ0n) is 12.0. The Balaban J connectivity index is 2.09. The van der Waals surface area contributed by atoms with Crippen LogP contribution >= 0.6 is 0 Å². The summed E-state index contributed by atoms with van der Waals surface area (Å²) < 4.78 is 1.94. The topological polar surface area (TPSA) is 29.9 Å². The van der Waals surface area contributed by atoms with E-state index in [2.05, 4.69) is 36.8 Å². The molecule has 1 aliphatic rings. The van der Waals surface area contributed by atoms with Gasteiger partial charge in [0.1, 0.15) is 0 Å². The van der Waals surface area contributed by atoms with Crippen LogP contribution in [0.5, 0.6) is 0 Å². The van der Waals surface area contributed by atoms with Gasteiger partial charge in [-0.15, -0.1) is 0 Å². The summed E-state index contributed by atoms with van der Waals surface area (Å²) in [4.78, 5) is 0. The van der Waals surface area contributed by atoms with Crippen molar-refractivity contribution in [3.8, 4) is 0 Å². The summed E-state index contributed by atoms with van der Waals surface area (Å²) in [6, 6.07) is 0. The SMILES string of the molecule is CCCC1CCC(CNC)C(c2cnn(C)c2)C1. The minimum absolute atomic E-state index is 0.705. The van der Waals surface area contributed by atoms with Crippen LogP contribution in [0.3, 0.4) is 0 Å². The van der Waals surface area contributed by atoms with Gasteiger partial charge < -0.3 is 5.32 Å². The monoisotopic (exact) mass is 249 g/mol. The molecule has 2 rings (SSSR count). The lowest BCUT2D eigenvalue weighted by atomic mass is 9.70. The first-order chi connectivity index (χ1) is 8.74. The van der Waals surface area contributed by atoms with E-state index in [4.69, 9.17) is 0 Å². The average molecular weight is 249 g/mol. The molecule has 0 aromatic carbocycles. The number of nitrogens with one attached hydrogen (secondary N) is 1. The lowest BCUT2D eigenvalue weighted by molar-refractivity contribution is 0.223. The van der Waals surface area contributed by atoms with Gasteiger partial charge in [-0.2, -0.15) is 5.10 Å². The fourth-order valence-electron chi connectivity index (χ4n) is 3.54. The Morgan fingerprint density at radius 3 is 2.89 bits per heavy atom. The second-order valence-corrected chi connectivity index (χ2v) is 5.84. The number of nitrogens with zero attached hydrogens (tertiary/aromatic N) is 2. The summed E-state index contributed by atoms with van der Waals surface area (Å²) in [5, 5.41) is 7.72. The van der Waals surface area contributed by atoms with E-state index in [-0.39, 0.29) is 0 Å². The quantitative estimate of drug-likeness (QED) is 0.869. The van der Waals surface area contributed by atoms with Gasteiger partial charge in [-0.25, -0.2) is 0 Å².